The number of hydrogen-bond donors (Lipinski definition) is 1. The third kappa shape index (κ3) is 6.12. The van der Waals surface area contributed by atoms with Gasteiger partial charge in [0, 0.05) is 0 Å². The average molecular weight is 175 g/mol. The lowest BCUT2D eigenvalue weighted by molar-refractivity contribution is -0.146. The average Bonchev–Trinajstić information content (AvgIpc) is 1.97. The van der Waals surface area contributed by atoms with Crippen molar-refractivity contribution in [2.75, 3.05) is 13.2 Å². The summed E-state index contributed by atoms with van der Waals surface area (Å²) in [5, 5.41) is 0. The summed E-state index contributed by atoms with van der Waals surface area (Å²) < 4.78 is 9.92. The lowest BCUT2D eigenvalue weighted by atomic mass is 10.4. The summed E-state index contributed by atoms with van der Waals surface area (Å²) in [6, 6.07) is -0.552. The van der Waals surface area contributed by atoms with Crippen molar-refractivity contribution in [1.82, 2.24) is 0 Å². The van der Waals surface area contributed by atoms with Crippen LogP contribution in [-0.2, 0) is 14.3 Å². The highest BCUT2D eigenvalue weighted by atomic mass is 16.6. The van der Waals surface area contributed by atoms with E-state index in [0.717, 1.165) is 0 Å². The molecule has 72 valence electrons. The van der Waals surface area contributed by atoms with Gasteiger partial charge in [-0.25, -0.2) is 0 Å². The van der Waals surface area contributed by atoms with E-state index in [1.807, 2.05) is 13.8 Å². The van der Waals surface area contributed by atoms with Gasteiger partial charge >= 0.3 is 5.97 Å². The van der Waals surface area contributed by atoms with Gasteiger partial charge in [-0.3, -0.25) is 4.79 Å². The maximum atomic E-state index is 10.8. The Labute approximate surface area is 73.0 Å². The van der Waals surface area contributed by atoms with Crippen LogP contribution in [-0.4, -0.2) is 31.3 Å². The van der Waals surface area contributed by atoms with Crippen molar-refractivity contribution in [3.63, 3.8) is 0 Å². The molecule has 0 aromatic heterocycles. The molecule has 0 spiro atoms. The van der Waals surface area contributed by atoms with Gasteiger partial charge in [-0.15, -0.1) is 0 Å². The predicted molar refractivity (Wildman–Crippen MR) is 45.7 cm³/mol. The number of rotatable bonds is 5. The summed E-state index contributed by atoms with van der Waals surface area (Å²) in [7, 11) is 0. The van der Waals surface area contributed by atoms with Crippen LogP contribution in [0.1, 0.15) is 20.8 Å². The second-order valence-corrected chi connectivity index (χ2v) is 2.88. The molecule has 12 heavy (non-hydrogen) atoms. The second kappa shape index (κ2) is 5.97. The maximum absolute atomic E-state index is 10.8. The zero-order valence-electron chi connectivity index (χ0n) is 7.87. The van der Waals surface area contributed by atoms with Crippen LogP contribution in [0.15, 0.2) is 0 Å². The van der Waals surface area contributed by atoms with Crippen molar-refractivity contribution >= 4 is 5.97 Å². The summed E-state index contributed by atoms with van der Waals surface area (Å²) in [5.74, 6) is -0.387. The molecular weight excluding hydrogens is 158 g/mol. The van der Waals surface area contributed by atoms with Gasteiger partial charge < -0.3 is 15.2 Å². The Bertz CT molecular complexity index is 134. The van der Waals surface area contributed by atoms with Gasteiger partial charge in [-0.05, 0) is 20.8 Å². The lowest BCUT2D eigenvalue weighted by Gasteiger charge is -2.09. The van der Waals surface area contributed by atoms with Crippen molar-refractivity contribution in [3.8, 4) is 0 Å². The molecule has 0 rings (SSSR count). The molecule has 0 aromatic rings. The topological polar surface area (TPSA) is 61.5 Å². The summed E-state index contributed by atoms with van der Waals surface area (Å²) >= 11 is 0. The third-order valence-corrected chi connectivity index (χ3v) is 1.15. The number of carbonyl (C=O) groups is 1. The highest BCUT2D eigenvalue weighted by molar-refractivity contribution is 5.74. The van der Waals surface area contributed by atoms with Crippen molar-refractivity contribution in [3.05, 3.63) is 0 Å². The first-order valence-corrected chi connectivity index (χ1v) is 4.08. The summed E-state index contributed by atoms with van der Waals surface area (Å²) in [5.41, 5.74) is 5.26. The van der Waals surface area contributed by atoms with Crippen LogP contribution in [0.4, 0.5) is 0 Å². The molecule has 0 aromatic carbocycles. The first-order valence-electron chi connectivity index (χ1n) is 4.08. The zero-order valence-corrected chi connectivity index (χ0v) is 7.87. The minimum Gasteiger partial charge on any atom is -0.462 e. The molecule has 0 saturated carbocycles. The molecule has 0 radical (unpaired) electrons. The quantitative estimate of drug-likeness (QED) is 0.482. The van der Waals surface area contributed by atoms with Crippen LogP contribution in [0.25, 0.3) is 0 Å². The minimum atomic E-state index is -0.552. The van der Waals surface area contributed by atoms with Gasteiger partial charge in [0.15, 0.2) is 0 Å². The Morgan fingerprint density at radius 2 is 1.92 bits per heavy atom. The standard InChI is InChI=1S/C8H17NO3/c1-6(2)11-4-5-12-8(10)7(3)9/h6-7H,4-5,9H2,1-3H3/t7-/m1/s1. The predicted octanol–water partition coefficient (Wildman–Crippen LogP) is 0.302. The molecule has 0 fully saturated rings. The first-order chi connectivity index (χ1) is 5.54. The van der Waals surface area contributed by atoms with E-state index in [4.69, 9.17) is 15.2 Å². The molecule has 0 aliphatic carbocycles. The highest BCUT2D eigenvalue weighted by Gasteiger charge is 2.07. The SMILES string of the molecule is CC(C)OCCOC(=O)[C@@H](C)N. The number of ether oxygens (including phenoxy) is 2. The van der Waals surface area contributed by atoms with E-state index < -0.39 is 6.04 Å². The summed E-state index contributed by atoms with van der Waals surface area (Å²) in [4.78, 5) is 10.8. The van der Waals surface area contributed by atoms with Crippen molar-refractivity contribution in [1.29, 1.82) is 0 Å². The molecule has 4 nitrogen and oxygen atoms in total. The zero-order chi connectivity index (χ0) is 9.56. The van der Waals surface area contributed by atoms with E-state index in [9.17, 15) is 4.79 Å². The van der Waals surface area contributed by atoms with Gasteiger partial charge in [0.25, 0.3) is 0 Å². The Kier molecular flexibility index (Phi) is 5.66. The van der Waals surface area contributed by atoms with Gasteiger partial charge in [0.1, 0.15) is 12.6 Å². The molecule has 4 heteroatoms. The normalized spacial score (nSPS) is 13.1. The lowest BCUT2D eigenvalue weighted by Crippen LogP contribution is -2.29. The number of hydrogen-bond acceptors (Lipinski definition) is 4. The minimum absolute atomic E-state index is 0.166. The van der Waals surface area contributed by atoms with Gasteiger partial charge in [0.2, 0.25) is 0 Å². The van der Waals surface area contributed by atoms with Crippen molar-refractivity contribution < 1.29 is 14.3 Å². The first kappa shape index (κ1) is 11.4. The van der Waals surface area contributed by atoms with Gasteiger partial charge in [0.05, 0.1) is 12.7 Å². The molecule has 0 aliphatic heterocycles. The molecule has 0 unspecified atom stereocenters. The fourth-order valence-electron chi connectivity index (χ4n) is 0.558. The van der Waals surface area contributed by atoms with Crippen LogP contribution >= 0.6 is 0 Å². The fraction of sp³-hybridized carbons (Fsp3) is 0.875. The van der Waals surface area contributed by atoms with Gasteiger partial charge in [-0.2, -0.15) is 0 Å². The molecule has 1 atom stereocenters. The Hall–Kier alpha value is -0.610. The molecule has 0 aliphatic rings. The highest BCUT2D eigenvalue weighted by Crippen LogP contribution is 1.89. The van der Waals surface area contributed by atoms with Crippen LogP contribution in [0, 0.1) is 0 Å². The summed E-state index contributed by atoms with van der Waals surface area (Å²) in [6.07, 6.45) is 0.166. The van der Waals surface area contributed by atoms with E-state index in [-0.39, 0.29) is 18.7 Å². The maximum Gasteiger partial charge on any atom is 0.322 e. The van der Waals surface area contributed by atoms with Crippen LogP contribution in [0.2, 0.25) is 0 Å². The Morgan fingerprint density at radius 3 is 2.33 bits per heavy atom. The smallest absolute Gasteiger partial charge is 0.322 e. The fourth-order valence-corrected chi connectivity index (χ4v) is 0.558. The monoisotopic (exact) mass is 175 g/mol. The molecule has 0 saturated heterocycles. The van der Waals surface area contributed by atoms with Gasteiger partial charge in [-0.1, -0.05) is 0 Å². The molecule has 0 bridgehead atoms. The molecular formula is C8H17NO3. The van der Waals surface area contributed by atoms with Crippen LogP contribution < -0.4 is 5.73 Å². The Morgan fingerprint density at radius 1 is 1.33 bits per heavy atom. The molecule has 2 N–H and O–H groups in total. The number of carbonyl (C=O) groups excluding carboxylic acids is 1. The summed E-state index contributed by atoms with van der Waals surface area (Å²) in [6.45, 7) is 6.14. The largest absolute Gasteiger partial charge is 0.462 e. The van der Waals surface area contributed by atoms with E-state index in [1.165, 1.54) is 0 Å². The van der Waals surface area contributed by atoms with Crippen LogP contribution in [0.5, 0.6) is 0 Å². The van der Waals surface area contributed by atoms with E-state index in [2.05, 4.69) is 0 Å². The van der Waals surface area contributed by atoms with Crippen molar-refractivity contribution in [2.45, 2.75) is 32.9 Å². The molecule has 0 heterocycles. The number of esters is 1. The van der Waals surface area contributed by atoms with Crippen molar-refractivity contribution in [2.24, 2.45) is 5.73 Å². The third-order valence-electron chi connectivity index (χ3n) is 1.15. The van der Waals surface area contributed by atoms with E-state index in [0.29, 0.717) is 6.61 Å². The van der Waals surface area contributed by atoms with E-state index >= 15 is 0 Å². The number of nitrogens with two attached hydrogens (primary N) is 1. The Balaban J connectivity index is 3.26. The molecule has 0 amide bonds. The van der Waals surface area contributed by atoms with Crippen LogP contribution in [0.3, 0.4) is 0 Å². The van der Waals surface area contributed by atoms with E-state index in [1.54, 1.807) is 6.92 Å². The second-order valence-electron chi connectivity index (χ2n) is 2.88.